The average Bonchev–Trinajstić information content (AvgIpc) is 2.50. The molecule has 2 aromatic rings. The third-order valence-electron chi connectivity index (χ3n) is 2.65. The van der Waals surface area contributed by atoms with Crippen molar-refractivity contribution in [2.45, 2.75) is 0 Å². The number of benzene rings is 1. The van der Waals surface area contributed by atoms with E-state index in [9.17, 15) is 15.2 Å². The first-order chi connectivity index (χ1) is 10.5. The summed E-state index contributed by atoms with van der Waals surface area (Å²) in [5.74, 6) is 0.191. The van der Waals surface area contributed by atoms with Crippen LogP contribution in [0.15, 0.2) is 40.0 Å². The number of anilines is 1. The summed E-state index contributed by atoms with van der Waals surface area (Å²) < 4.78 is 5.71. The van der Waals surface area contributed by atoms with E-state index < -0.39 is 4.92 Å². The molecule has 22 heavy (non-hydrogen) atoms. The molecule has 114 valence electrons. The first kappa shape index (κ1) is 15.7. The predicted octanol–water partition coefficient (Wildman–Crippen LogP) is 2.91. The Balaban J connectivity index is 2.24. The van der Waals surface area contributed by atoms with Gasteiger partial charge < -0.3 is 9.84 Å². The Hall–Kier alpha value is -2.68. The normalized spacial score (nSPS) is 10.6. The van der Waals surface area contributed by atoms with Crippen LogP contribution >= 0.6 is 15.9 Å². The lowest BCUT2D eigenvalue weighted by Gasteiger charge is -2.06. The molecule has 0 radical (unpaired) electrons. The molecule has 2 rings (SSSR count). The van der Waals surface area contributed by atoms with Gasteiger partial charge in [-0.1, -0.05) is 15.9 Å². The second-order valence-corrected chi connectivity index (χ2v) is 4.96. The maximum absolute atomic E-state index is 10.8. The van der Waals surface area contributed by atoms with Gasteiger partial charge in [-0.15, -0.1) is 0 Å². The fraction of sp³-hybridized carbons (Fsp3) is 0.0769. The summed E-state index contributed by atoms with van der Waals surface area (Å²) in [5, 5.41) is 24.7. The number of methoxy groups -OCH3 is 1. The van der Waals surface area contributed by atoms with E-state index in [1.165, 1.54) is 31.7 Å². The van der Waals surface area contributed by atoms with Crippen molar-refractivity contribution in [3.63, 3.8) is 0 Å². The Morgan fingerprint density at radius 3 is 3.00 bits per heavy atom. The Bertz CT molecular complexity index is 736. The molecule has 9 heteroatoms. The number of nitro groups is 1. The first-order valence-corrected chi connectivity index (χ1v) is 6.77. The smallest absolute Gasteiger partial charge is 0.313 e. The Morgan fingerprint density at radius 2 is 2.32 bits per heavy atom. The number of hydrazone groups is 1. The summed E-state index contributed by atoms with van der Waals surface area (Å²) in [5.41, 5.74) is 2.65. The molecule has 0 bridgehead atoms. The summed E-state index contributed by atoms with van der Waals surface area (Å²) in [6.45, 7) is 0. The summed E-state index contributed by atoms with van der Waals surface area (Å²) in [6.07, 6.45) is 2.71. The fourth-order valence-electron chi connectivity index (χ4n) is 1.64. The molecule has 2 N–H and O–H groups in total. The molecule has 0 saturated heterocycles. The zero-order chi connectivity index (χ0) is 16.1. The number of nitrogens with zero attached hydrogens (tertiary/aromatic N) is 3. The van der Waals surface area contributed by atoms with Crippen LogP contribution in [0.1, 0.15) is 5.56 Å². The van der Waals surface area contributed by atoms with Gasteiger partial charge in [-0.25, -0.2) is 4.98 Å². The van der Waals surface area contributed by atoms with Gasteiger partial charge in [-0.3, -0.25) is 15.5 Å². The van der Waals surface area contributed by atoms with E-state index in [2.05, 4.69) is 31.4 Å². The highest BCUT2D eigenvalue weighted by molar-refractivity contribution is 9.10. The van der Waals surface area contributed by atoms with E-state index in [-0.39, 0.29) is 23.0 Å². The summed E-state index contributed by atoms with van der Waals surface area (Å²) >= 11 is 3.28. The lowest BCUT2D eigenvalue weighted by molar-refractivity contribution is -0.384. The number of ether oxygens (including phenoxy) is 1. The van der Waals surface area contributed by atoms with E-state index >= 15 is 0 Å². The lowest BCUT2D eigenvalue weighted by atomic mass is 10.2. The number of aromatic hydroxyl groups is 1. The van der Waals surface area contributed by atoms with Crippen LogP contribution in [-0.4, -0.2) is 28.3 Å². The standard InChI is InChI=1S/C13H11BrN4O4/c1-22-11-6-9(14)5-8(12(11)19)7-16-17-13-10(18(20)21)3-2-4-15-13/h2-7,19H,1H3,(H,15,17)/b16-7+. The molecule has 0 aliphatic heterocycles. The second-order valence-electron chi connectivity index (χ2n) is 4.04. The molecule has 0 saturated carbocycles. The van der Waals surface area contributed by atoms with E-state index in [4.69, 9.17) is 4.74 Å². The van der Waals surface area contributed by atoms with Crippen LogP contribution in [0.5, 0.6) is 11.5 Å². The van der Waals surface area contributed by atoms with Crippen LogP contribution in [0.2, 0.25) is 0 Å². The predicted molar refractivity (Wildman–Crippen MR) is 84.5 cm³/mol. The van der Waals surface area contributed by atoms with Crippen LogP contribution in [0.3, 0.4) is 0 Å². The van der Waals surface area contributed by atoms with Gasteiger partial charge in [0.15, 0.2) is 11.5 Å². The maximum Gasteiger partial charge on any atom is 0.313 e. The monoisotopic (exact) mass is 366 g/mol. The van der Waals surface area contributed by atoms with Gasteiger partial charge in [0.05, 0.1) is 18.2 Å². The highest BCUT2D eigenvalue weighted by Crippen LogP contribution is 2.32. The molecule has 1 aromatic carbocycles. The molecule has 1 heterocycles. The average molecular weight is 367 g/mol. The van der Waals surface area contributed by atoms with Crippen LogP contribution in [-0.2, 0) is 0 Å². The lowest BCUT2D eigenvalue weighted by Crippen LogP contribution is -1.99. The molecule has 1 aromatic heterocycles. The van der Waals surface area contributed by atoms with Gasteiger partial charge in [0.1, 0.15) is 0 Å². The van der Waals surface area contributed by atoms with Gasteiger partial charge in [-0.05, 0) is 18.2 Å². The van der Waals surface area contributed by atoms with E-state index in [0.717, 1.165) is 0 Å². The Morgan fingerprint density at radius 1 is 1.55 bits per heavy atom. The second kappa shape index (κ2) is 6.85. The van der Waals surface area contributed by atoms with Crippen molar-refractivity contribution in [2.24, 2.45) is 5.10 Å². The topological polar surface area (TPSA) is 110 Å². The molecular weight excluding hydrogens is 356 g/mol. The fourth-order valence-corrected chi connectivity index (χ4v) is 2.10. The zero-order valence-corrected chi connectivity index (χ0v) is 12.9. The van der Waals surface area contributed by atoms with Crippen LogP contribution in [0, 0.1) is 10.1 Å². The highest BCUT2D eigenvalue weighted by atomic mass is 79.9. The Labute approximate surface area is 133 Å². The van der Waals surface area contributed by atoms with Crippen molar-refractivity contribution in [1.82, 2.24) is 4.98 Å². The summed E-state index contributed by atoms with van der Waals surface area (Å²) in [6, 6.07) is 5.99. The van der Waals surface area contributed by atoms with Crippen molar-refractivity contribution in [3.8, 4) is 11.5 Å². The number of hydrogen-bond donors (Lipinski definition) is 2. The number of nitrogens with one attached hydrogen (secondary N) is 1. The molecule has 0 amide bonds. The molecule has 0 atom stereocenters. The Kier molecular flexibility index (Phi) is 4.89. The third-order valence-corrected chi connectivity index (χ3v) is 3.10. The summed E-state index contributed by atoms with van der Waals surface area (Å²) in [7, 11) is 1.43. The van der Waals surface area contributed by atoms with Gasteiger partial charge >= 0.3 is 5.69 Å². The van der Waals surface area contributed by atoms with Crippen LogP contribution in [0.25, 0.3) is 0 Å². The first-order valence-electron chi connectivity index (χ1n) is 5.98. The molecular formula is C13H11BrN4O4. The van der Waals surface area contributed by atoms with Crippen molar-refractivity contribution < 1.29 is 14.8 Å². The third kappa shape index (κ3) is 3.50. The minimum atomic E-state index is -0.565. The molecule has 8 nitrogen and oxygen atoms in total. The largest absolute Gasteiger partial charge is 0.504 e. The summed E-state index contributed by atoms with van der Waals surface area (Å²) in [4.78, 5) is 14.1. The molecule has 0 spiro atoms. The van der Waals surface area contributed by atoms with Crippen molar-refractivity contribution in [3.05, 3.63) is 50.6 Å². The highest BCUT2D eigenvalue weighted by Gasteiger charge is 2.13. The number of pyridine rings is 1. The van der Waals surface area contributed by atoms with Gasteiger partial charge in [0.2, 0.25) is 5.82 Å². The van der Waals surface area contributed by atoms with Crippen molar-refractivity contribution in [2.75, 3.05) is 12.5 Å². The number of phenolic OH excluding ortho intramolecular Hbond substituents is 1. The number of rotatable bonds is 5. The zero-order valence-electron chi connectivity index (χ0n) is 11.4. The minimum Gasteiger partial charge on any atom is -0.504 e. The number of aromatic nitrogens is 1. The number of hydrogen-bond acceptors (Lipinski definition) is 7. The quantitative estimate of drug-likeness (QED) is 0.478. The van der Waals surface area contributed by atoms with Gasteiger partial charge in [-0.2, -0.15) is 5.10 Å². The van der Waals surface area contributed by atoms with E-state index in [1.807, 2.05) is 0 Å². The number of phenols is 1. The molecule has 0 aliphatic rings. The SMILES string of the molecule is COc1cc(Br)cc(/C=N/Nc2ncccc2[N+](=O)[O-])c1O. The van der Waals surface area contributed by atoms with Gasteiger partial charge in [0.25, 0.3) is 0 Å². The van der Waals surface area contributed by atoms with E-state index in [1.54, 1.807) is 12.1 Å². The molecule has 0 fully saturated rings. The van der Waals surface area contributed by atoms with E-state index in [0.29, 0.717) is 10.0 Å². The van der Waals surface area contributed by atoms with Crippen molar-refractivity contribution in [1.29, 1.82) is 0 Å². The van der Waals surface area contributed by atoms with Crippen LogP contribution < -0.4 is 10.2 Å². The molecule has 0 aliphatic carbocycles. The van der Waals surface area contributed by atoms with Crippen LogP contribution in [0.4, 0.5) is 11.5 Å². The molecule has 0 unspecified atom stereocenters. The van der Waals surface area contributed by atoms with Gasteiger partial charge in [0, 0.05) is 22.3 Å². The minimum absolute atomic E-state index is 0.00482. The number of halogens is 1. The maximum atomic E-state index is 10.8. The van der Waals surface area contributed by atoms with Crippen molar-refractivity contribution >= 4 is 33.6 Å².